The first-order chi connectivity index (χ1) is 4.04. The average molecular weight is 343 g/mol. The van der Waals surface area contributed by atoms with Crippen molar-refractivity contribution in [2.45, 2.75) is 9.84 Å². The van der Waals surface area contributed by atoms with Crippen LogP contribution in [0, 0.1) is 0 Å². The summed E-state index contributed by atoms with van der Waals surface area (Å²) >= 11 is 14.6. The van der Waals surface area contributed by atoms with Crippen LogP contribution in [0.5, 0.6) is 0 Å². The maximum absolute atomic E-state index is 9.01. The molecule has 54 valence electrons. The number of hydrogen-bond donors (Lipinski definition) is 1. The van der Waals surface area contributed by atoms with Gasteiger partial charge in [-0.15, -0.1) is 0 Å². The minimum absolute atomic E-state index is 0.156. The zero-order valence-electron chi connectivity index (χ0n) is 4.19. The van der Waals surface area contributed by atoms with Crippen molar-refractivity contribution in [3.63, 3.8) is 0 Å². The Bertz CT molecular complexity index is 110. The first-order valence-electron chi connectivity index (χ1n) is 2.03. The summed E-state index contributed by atoms with van der Waals surface area (Å²) in [5.74, 6) is 0. The van der Waals surface area contributed by atoms with Crippen molar-refractivity contribution in [1.82, 2.24) is 0 Å². The molecule has 0 aromatic heterocycles. The van der Waals surface area contributed by atoms with Gasteiger partial charge in [-0.2, -0.15) is 0 Å². The third-order valence-electron chi connectivity index (χ3n) is 0.555. The molecule has 0 aromatic rings. The molecule has 1 nitrogen and oxygen atoms in total. The van der Waals surface area contributed by atoms with Crippen LogP contribution in [-0.2, 0) is 0 Å². The van der Waals surface area contributed by atoms with Crippen LogP contribution in [0.3, 0.4) is 0 Å². The summed E-state index contributed by atoms with van der Waals surface area (Å²) in [7, 11) is 0. The maximum atomic E-state index is 9.01. The second-order valence-corrected chi connectivity index (χ2v) is 6.20. The molecule has 0 aromatic carbocycles. The molecule has 0 aliphatic rings. The van der Waals surface area contributed by atoms with Crippen molar-refractivity contribution in [2.75, 3.05) is 0 Å². The Morgan fingerprint density at radius 3 is 2.11 bits per heavy atom. The summed E-state index contributed by atoms with van der Waals surface area (Å²) in [4.78, 5) is 0. The van der Waals surface area contributed by atoms with E-state index in [1.54, 1.807) is 0 Å². The highest BCUT2D eigenvalue weighted by Crippen LogP contribution is 2.18. The van der Waals surface area contributed by atoms with Gasteiger partial charge >= 0.3 is 0 Å². The van der Waals surface area contributed by atoms with Crippen LogP contribution >= 0.6 is 59.4 Å². The van der Waals surface area contributed by atoms with Gasteiger partial charge in [0.15, 0.2) is 0 Å². The number of aliphatic hydroxyl groups excluding tert-OH is 1. The van der Waals surface area contributed by atoms with E-state index >= 15 is 0 Å². The summed E-state index contributed by atoms with van der Waals surface area (Å²) in [5, 5.41) is 9.01. The molecular weight excluding hydrogens is 339 g/mol. The molecule has 1 N–H and O–H groups in total. The van der Waals surface area contributed by atoms with Crippen LogP contribution < -0.4 is 0 Å². The van der Waals surface area contributed by atoms with Gasteiger partial charge in [-0.25, -0.2) is 0 Å². The Labute approximate surface area is 83.8 Å². The molecule has 0 spiro atoms. The quantitative estimate of drug-likeness (QED) is 0.765. The second kappa shape index (κ2) is 5.13. The van der Waals surface area contributed by atoms with E-state index in [9.17, 15) is 0 Å². The monoisotopic (exact) mass is 340 g/mol. The van der Waals surface area contributed by atoms with Crippen LogP contribution in [0.4, 0.5) is 0 Å². The van der Waals surface area contributed by atoms with Gasteiger partial charge < -0.3 is 5.11 Å². The molecule has 0 amide bonds. The fraction of sp³-hybridized carbons (Fsp3) is 0.500. The third-order valence-corrected chi connectivity index (χ3v) is 2.03. The molecular formula is C4H4Br3ClO. The second-order valence-electron chi connectivity index (χ2n) is 1.28. The highest BCUT2D eigenvalue weighted by molar-refractivity contribution is 9.24. The molecule has 0 fully saturated rings. The molecule has 0 heterocycles. The summed E-state index contributed by atoms with van der Waals surface area (Å²) < 4.78 is 0.246. The van der Waals surface area contributed by atoms with E-state index in [-0.39, 0.29) is 3.74 Å². The van der Waals surface area contributed by atoms with Crippen LogP contribution in [0.2, 0.25) is 0 Å². The normalized spacial score (nSPS) is 16.4. The number of hydrogen-bond acceptors (Lipinski definition) is 1. The average Bonchev–Trinajstić information content (AvgIpc) is 1.63. The minimum Gasteiger partial charge on any atom is -0.387 e. The van der Waals surface area contributed by atoms with Crippen molar-refractivity contribution in [2.24, 2.45) is 0 Å². The topological polar surface area (TPSA) is 20.2 Å². The van der Waals surface area contributed by atoms with Crippen molar-refractivity contribution >= 4 is 59.4 Å². The fourth-order valence-electron chi connectivity index (χ4n) is 0.202. The van der Waals surface area contributed by atoms with E-state index in [0.717, 1.165) is 0 Å². The predicted octanol–water partition coefficient (Wildman–Crippen LogP) is 2.94. The van der Waals surface area contributed by atoms with Crippen LogP contribution in [-0.4, -0.2) is 14.9 Å². The Hall–Kier alpha value is 1.43. The molecule has 1 unspecified atom stereocenters. The smallest absolute Gasteiger partial charge is 0.0992 e. The van der Waals surface area contributed by atoms with Crippen LogP contribution in [0.15, 0.2) is 10.0 Å². The van der Waals surface area contributed by atoms with Gasteiger partial charge in [0.25, 0.3) is 0 Å². The minimum atomic E-state index is -0.614. The summed E-state index contributed by atoms with van der Waals surface area (Å²) in [5.41, 5.74) is 0. The van der Waals surface area contributed by atoms with Gasteiger partial charge in [0.05, 0.1) is 13.8 Å². The number of rotatable bonds is 2. The third kappa shape index (κ3) is 5.85. The molecule has 0 bridgehead atoms. The van der Waals surface area contributed by atoms with Crippen molar-refractivity contribution in [1.29, 1.82) is 0 Å². The SMILES string of the molecule is OC(C=C(Cl)Br)C(Br)Br. The van der Waals surface area contributed by atoms with E-state index < -0.39 is 6.10 Å². The zero-order chi connectivity index (χ0) is 7.44. The largest absolute Gasteiger partial charge is 0.387 e. The van der Waals surface area contributed by atoms with Gasteiger partial charge in [-0.3, -0.25) is 0 Å². The molecule has 0 saturated carbocycles. The van der Waals surface area contributed by atoms with E-state index in [1.165, 1.54) is 6.08 Å². The number of halogens is 4. The lowest BCUT2D eigenvalue weighted by molar-refractivity contribution is 0.244. The molecule has 0 saturated heterocycles. The maximum Gasteiger partial charge on any atom is 0.0992 e. The van der Waals surface area contributed by atoms with Gasteiger partial charge in [-0.05, 0) is 22.0 Å². The Morgan fingerprint density at radius 1 is 1.56 bits per heavy atom. The lowest BCUT2D eigenvalue weighted by Gasteiger charge is -2.04. The summed E-state index contributed by atoms with van der Waals surface area (Å²) in [6.45, 7) is 0. The molecule has 0 radical (unpaired) electrons. The first-order valence-corrected chi connectivity index (χ1v) is 5.03. The molecule has 5 heteroatoms. The van der Waals surface area contributed by atoms with Crippen molar-refractivity contribution in [3.8, 4) is 0 Å². The lowest BCUT2D eigenvalue weighted by atomic mass is 10.4. The van der Waals surface area contributed by atoms with E-state index in [2.05, 4.69) is 47.8 Å². The first kappa shape index (κ1) is 10.4. The molecule has 0 rings (SSSR count). The molecule has 0 aliphatic carbocycles. The van der Waals surface area contributed by atoms with E-state index in [0.29, 0.717) is 3.94 Å². The highest BCUT2D eigenvalue weighted by Gasteiger charge is 2.08. The van der Waals surface area contributed by atoms with Gasteiger partial charge in [-0.1, -0.05) is 43.5 Å². The van der Waals surface area contributed by atoms with Crippen LogP contribution in [0.25, 0.3) is 0 Å². The fourth-order valence-corrected chi connectivity index (χ4v) is 0.907. The number of alkyl halides is 2. The zero-order valence-corrected chi connectivity index (χ0v) is 9.71. The van der Waals surface area contributed by atoms with E-state index in [4.69, 9.17) is 16.7 Å². The van der Waals surface area contributed by atoms with Gasteiger partial charge in [0, 0.05) is 0 Å². The predicted molar refractivity (Wildman–Crippen MR) is 50.5 cm³/mol. The van der Waals surface area contributed by atoms with Gasteiger partial charge in [0.2, 0.25) is 0 Å². The van der Waals surface area contributed by atoms with Gasteiger partial charge in [0.1, 0.15) is 0 Å². The molecule has 0 aliphatic heterocycles. The van der Waals surface area contributed by atoms with Crippen molar-refractivity contribution < 1.29 is 5.11 Å². The summed E-state index contributed by atoms with van der Waals surface area (Å²) in [6.07, 6.45) is 0.854. The molecule has 1 atom stereocenters. The molecule has 9 heavy (non-hydrogen) atoms. The standard InChI is InChI=1S/C4H4Br3ClO/c5-3(8)1-2(9)4(6)7/h1-2,4,9H. The van der Waals surface area contributed by atoms with Crippen molar-refractivity contribution in [3.05, 3.63) is 10.0 Å². The van der Waals surface area contributed by atoms with Crippen LogP contribution in [0.1, 0.15) is 0 Å². The van der Waals surface area contributed by atoms with E-state index in [1.807, 2.05) is 0 Å². The lowest BCUT2D eigenvalue weighted by Crippen LogP contribution is -2.10. The summed E-state index contributed by atoms with van der Waals surface area (Å²) in [6, 6.07) is 0. The Morgan fingerprint density at radius 2 is 2.00 bits per heavy atom. The number of aliphatic hydroxyl groups is 1. The Kier molecular flexibility index (Phi) is 5.94. The Balaban J connectivity index is 3.76. The highest BCUT2D eigenvalue weighted by atomic mass is 79.9.